The van der Waals surface area contributed by atoms with Gasteiger partial charge in [0.05, 0.1) is 5.54 Å². The fourth-order valence-electron chi connectivity index (χ4n) is 1.79. The van der Waals surface area contributed by atoms with Gasteiger partial charge in [0.25, 0.3) is 0 Å². The van der Waals surface area contributed by atoms with Crippen LogP contribution in [-0.2, 0) is 5.54 Å². The molecule has 0 saturated heterocycles. The van der Waals surface area contributed by atoms with Gasteiger partial charge in [-0.3, -0.25) is 4.98 Å². The summed E-state index contributed by atoms with van der Waals surface area (Å²) in [6.45, 7) is 4.04. The molecule has 0 aliphatic carbocycles. The lowest BCUT2D eigenvalue weighted by Gasteiger charge is -2.25. The van der Waals surface area contributed by atoms with Crippen molar-refractivity contribution in [2.45, 2.75) is 19.4 Å². The molecule has 2 rings (SSSR count). The Hall–Kier alpha value is -1.67. The SMILES string of the molecule is Cc1cncc(C(C)(N)c2ccccc2)c1. The predicted octanol–water partition coefficient (Wildman–Crippen LogP) is 2.61. The molecule has 2 heteroatoms. The maximum Gasteiger partial charge on any atom is 0.0652 e. The van der Waals surface area contributed by atoms with Gasteiger partial charge in [-0.1, -0.05) is 36.4 Å². The third-order valence-corrected chi connectivity index (χ3v) is 2.85. The van der Waals surface area contributed by atoms with Gasteiger partial charge < -0.3 is 5.73 Å². The molecule has 0 radical (unpaired) electrons. The number of aromatic nitrogens is 1. The van der Waals surface area contributed by atoms with E-state index < -0.39 is 5.54 Å². The van der Waals surface area contributed by atoms with Crippen LogP contribution in [0.1, 0.15) is 23.6 Å². The van der Waals surface area contributed by atoms with Crippen molar-refractivity contribution in [1.82, 2.24) is 4.98 Å². The van der Waals surface area contributed by atoms with Crippen LogP contribution in [0.25, 0.3) is 0 Å². The van der Waals surface area contributed by atoms with Crippen LogP contribution >= 0.6 is 0 Å². The highest BCUT2D eigenvalue weighted by molar-refractivity contribution is 5.36. The number of aryl methyl sites for hydroxylation is 1. The summed E-state index contributed by atoms with van der Waals surface area (Å²) in [6, 6.07) is 12.2. The highest BCUT2D eigenvalue weighted by Gasteiger charge is 2.23. The minimum Gasteiger partial charge on any atom is -0.318 e. The normalized spacial score (nSPS) is 14.4. The topological polar surface area (TPSA) is 38.9 Å². The number of benzene rings is 1. The summed E-state index contributed by atoms with van der Waals surface area (Å²) in [6.07, 6.45) is 3.67. The third kappa shape index (κ3) is 1.97. The van der Waals surface area contributed by atoms with E-state index in [0.717, 1.165) is 16.7 Å². The van der Waals surface area contributed by atoms with Gasteiger partial charge in [0.2, 0.25) is 0 Å². The molecule has 1 atom stereocenters. The van der Waals surface area contributed by atoms with Crippen LogP contribution in [0.4, 0.5) is 0 Å². The molecule has 0 bridgehead atoms. The van der Waals surface area contributed by atoms with Crippen molar-refractivity contribution in [3.63, 3.8) is 0 Å². The summed E-state index contributed by atoms with van der Waals surface area (Å²) >= 11 is 0. The lowest BCUT2D eigenvalue weighted by Crippen LogP contribution is -2.34. The van der Waals surface area contributed by atoms with Crippen molar-refractivity contribution in [3.05, 3.63) is 65.5 Å². The highest BCUT2D eigenvalue weighted by atomic mass is 14.7. The van der Waals surface area contributed by atoms with Gasteiger partial charge in [-0.25, -0.2) is 0 Å². The second-order valence-electron chi connectivity index (χ2n) is 4.32. The molecule has 1 unspecified atom stereocenters. The second-order valence-corrected chi connectivity index (χ2v) is 4.32. The van der Waals surface area contributed by atoms with Crippen molar-refractivity contribution in [1.29, 1.82) is 0 Å². The number of hydrogen-bond acceptors (Lipinski definition) is 2. The molecule has 0 spiro atoms. The summed E-state index contributed by atoms with van der Waals surface area (Å²) in [7, 11) is 0. The van der Waals surface area contributed by atoms with Gasteiger partial charge in [0.15, 0.2) is 0 Å². The van der Waals surface area contributed by atoms with Crippen molar-refractivity contribution in [2.24, 2.45) is 5.73 Å². The molecule has 1 aromatic heterocycles. The van der Waals surface area contributed by atoms with Gasteiger partial charge in [0, 0.05) is 12.4 Å². The molecular formula is C14H16N2. The van der Waals surface area contributed by atoms with E-state index in [9.17, 15) is 0 Å². The minimum absolute atomic E-state index is 0.486. The van der Waals surface area contributed by atoms with E-state index in [0.29, 0.717) is 0 Å². The molecule has 0 amide bonds. The first kappa shape index (κ1) is 10.8. The van der Waals surface area contributed by atoms with Gasteiger partial charge in [-0.2, -0.15) is 0 Å². The predicted molar refractivity (Wildman–Crippen MR) is 66.1 cm³/mol. The van der Waals surface area contributed by atoms with Gasteiger partial charge >= 0.3 is 0 Å². The van der Waals surface area contributed by atoms with Crippen LogP contribution < -0.4 is 5.73 Å². The molecule has 0 fully saturated rings. The van der Waals surface area contributed by atoms with Gasteiger partial charge in [-0.05, 0) is 30.5 Å². The zero-order valence-electron chi connectivity index (χ0n) is 9.64. The van der Waals surface area contributed by atoms with Crippen molar-refractivity contribution in [3.8, 4) is 0 Å². The van der Waals surface area contributed by atoms with Crippen LogP contribution in [-0.4, -0.2) is 4.98 Å². The Kier molecular flexibility index (Phi) is 2.75. The van der Waals surface area contributed by atoms with E-state index >= 15 is 0 Å². The molecule has 0 saturated carbocycles. The Morgan fingerprint density at radius 3 is 2.38 bits per heavy atom. The Labute approximate surface area is 96.1 Å². The van der Waals surface area contributed by atoms with Crippen LogP contribution in [0.3, 0.4) is 0 Å². The van der Waals surface area contributed by atoms with Crippen LogP contribution in [0.15, 0.2) is 48.8 Å². The summed E-state index contributed by atoms with van der Waals surface area (Å²) in [4.78, 5) is 4.20. The average molecular weight is 212 g/mol. The summed E-state index contributed by atoms with van der Waals surface area (Å²) < 4.78 is 0. The van der Waals surface area contributed by atoms with E-state index in [2.05, 4.69) is 11.1 Å². The van der Waals surface area contributed by atoms with Crippen molar-refractivity contribution in [2.75, 3.05) is 0 Å². The van der Waals surface area contributed by atoms with E-state index in [1.54, 1.807) is 0 Å². The molecular weight excluding hydrogens is 196 g/mol. The van der Waals surface area contributed by atoms with E-state index in [1.807, 2.05) is 56.6 Å². The summed E-state index contributed by atoms with van der Waals surface area (Å²) in [5.41, 5.74) is 9.17. The lowest BCUT2D eigenvalue weighted by atomic mass is 9.86. The molecule has 82 valence electrons. The van der Waals surface area contributed by atoms with Crippen LogP contribution in [0.2, 0.25) is 0 Å². The number of pyridine rings is 1. The fraction of sp³-hybridized carbons (Fsp3) is 0.214. The number of nitrogens with two attached hydrogens (primary N) is 1. The van der Waals surface area contributed by atoms with E-state index in [-0.39, 0.29) is 0 Å². The Morgan fingerprint density at radius 1 is 1.06 bits per heavy atom. The zero-order chi connectivity index (χ0) is 11.6. The average Bonchev–Trinajstić information content (AvgIpc) is 2.30. The maximum absolute atomic E-state index is 6.39. The molecule has 2 aromatic rings. The summed E-state index contributed by atoms with van der Waals surface area (Å²) in [5.74, 6) is 0. The zero-order valence-corrected chi connectivity index (χ0v) is 9.64. The molecule has 1 heterocycles. The Morgan fingerprint density at radius 2 is 1.75 bits per heavy atom. The van der Waals surface area contributed by atoms with Gasteiger partial charge in [0.1, 0.15) is 0 Å². The maximum atomic E-state index is 6.39. The first-order valence-electron chi connectivity index (χ1n) is 5.37. The second kappa shape index (κ2) is 4.06. The van der Waals surface area contributed by atoms with E-state index in [1.165, 1.54) is 0 Å². The summed E-state index contributed by atoms with van der Waals surface area (Å²) in [5, 5.41) is 0. The minimum atomic E-state index is -0.486. The third-order valence-electron chi connectivity index (χ3n) is 2.85. The Bertz CT molecular complexity index is 475. The quantitative estimate of drug-likeness (QED) is 0.831. The van der Waals surface area contributed by atoms with Crippen molar-refractivity contribution < 1.29 is 0 Å². The highest BCUT2D eigenvalue weighted by Crippen LogP contribution is 2.25. The number of hydrogen-bond donors (Lipinski definition) is 1. The molecule has 2 N–H and O–H groups in total. The van der Waals surface area contributed by atoms with Crippen LogP contribution in [0, 0.1) is 6.92 Å². The number of nitrogens with zero attached hydrogens (tertiary/aromatic N) is 1. The Balaban J connectivity index is 2.47. The van der Waals surface area contributed by atoms with Crippen molar-refractivity contribution >= 4 is 0 Å². The monoisotopic (exact) mass is 212 g/mol. The molecule has 2 nitrogen and oxygen atoms in total. The van der Waals surface area contributed by atoms with Crippen LogP contribution in [0.5, 0.6) is 0 Å². The molecule has 1 aromatic carbocycles. The van der Waals surface area contributed by atoms with Gasteiger partial charge in [-0.15, -0.1) is 0 Å². The smallest absolute Gasteiger partial charge is 0.0652 e. The standard InChI is InChI=1S/C14H16N2/c1-11-8-13(10-16-9-11)14(2,15)12-6-4-3-5-7-12/h3-10H,15H2,1-2H3. The molecule has 16 heavy (non-hydrogen) atoms. The largest absolute Gasteiger partial charge is 0.318 e. The van der Waals surface area contributed by atoms with E-state index in [4.69, 9.17) is 5.73 Å². The molecule has 0 aliphatic heterocycles. The fourth-order valence-corrected chi connectivity index (χ4v) is 1.79. The first-order valence-corrected chi connectivity index (χ1v) is 5.37. The molecule has 0 aliphatic rings. The first-order chi connectivity index (χ1) is 7.60. The number of rotatable bonds is 2. The lowest BCUT2D eigenvalue weighted by molar-refractivity contribution is 0.599.